The normalized spacial score (nSPS) is 19.0. The number of nitrogens with zero attached hydrogens (tertiary/aromatic N) is 8. The minimum atomic E-state index is -1.05. The molecule has 756 valence electrons. The van der Waals surface area contributed by atoms with Crippen molar-refractivity contribution in [2.45, 2.75) is 123 Å². The fraction of sp³-hybridized carbons (Fsp3) is 0.371. The van der Waals surface area contributed by atoms with E-state index >= 15 is 0 Å². The number of esters is 2. The van der Waals surface area contributed by atoms with Crippen molar-refractivity contribution < 1.29 is 116 Å². The predicted molar refractivity (Wildman–Crippen MR) is 527 cm³/mol. The van der Waals surface area contributed by atoms with Gasteiger partial charge in [0.05, 0.1) is 95.1 Å². The predicted octanol–water partition coefficient (Wildman–Crippen LogP) is 17.1. The van der Waals surface area contributed by atoms with Gasteiger partial charge in [0.1, 0.15) is 41.0 Å². The molecule has 13 aromatic rings. The van der Waals surface area contributed by atoms with Crippen LogP contribution in [0.2, 0.25) is 0 Å². The number of aromatic hydroxyl groups is 4. The van der Waals surface area contributed by atoms with Gasteiger partial charge in [-0.25, -0.2) is 38.5 Å². The van der Waals surface area contributed by atoms with Gasteiger partial charge >= 0.3 is 35.6 Å². The van der Waals surface area contributed by atoms with Gasteiger partial charge in [0.25, 0.3) is 5.69 Å². The summed E-state index contributed by atoms with van der Waals surface area (Å²) in [4.78, 5) is 92.0. The van der Waals surface area contributed by atoms with Crippen LogP contribution in [-0.4, -0.2) is 189 Å². The number of rotatable bonds is 24. The molecule has 0 unspecified atom stereocenters. The number of methoxy groups -OCH3 is 6. The number of piperidine rings is 2. The molecule has 21 rings (SSSR count). The molecule has 7 N–H and O–H groups in total. The highest BCUT2D eigenvalue weighted by atomic mass is 35.5. The lowest BCUT2D eigenvalue weighted by Crippen LogP contribution is -2.42. The van der Waals surface area contributed by atoms with Crippen molar-refractivity contribution in [1.29, 1.82) is 0 Å². The van der Waals surface area contributed by atoms with E-state index in [2.05, 4.69) is 47.1 Å². The molecule has 0 saturated carbocycles. The van der Waals surface area contributed by atoms with Crippen LogP contribution in [0, 0.1) is 45.6 Å². The highest BCUT2D eigenvalue weighted by molar-refractivity contribution is 5.86. The van der Waals surface area contributed by atoms with Crippen molar-refractivity contribution in [3.05, 3.63) is 234 Å². The number of phenols is 4. The largest absolute Gasteiger partial charge is 0.514 e. The first-order chi connectivity index (χ1) is 68.7. The fourth-order valence-electron chi connectivity index (χ4n) is 21.1. The lowest BCUT2D eigenvalue weighted by Gasteiger charge is -2.40. The number of aromatic nitrogens is 8. The third kappa shape index (κ3) is 19.1. The first-order valence-corrected chi connectivity index (χ1v) is 47.0. The molecule has 4 aromatic heterocycles. The smallest absolute Gasteiger partial charge is 0.508 e. The van der Waals surface area contributed by atoms with Gasteiger partial charge in [0.15, 0.2) is 57.6 Å². The van der Waals surface area contributed by atoms with Crippen LogP contribution in [-0.2, 0) is 41.6 Å². The number of ether oxygens (including phenoxy) is 15. The van der Waals surface area contributed by atoms with E-state index in [9.17, 15) is 59.3 Å². The molecule has 9 aromatic carbocycles. The number of fused-ring (bicyclic) bond motifs is 8. The van der Waals surface area contributed by atoms with Crippen LogP contribution < -0.4 is 68.8 Å². The van der Waals surface area contributed by atoms with Gasteiger partial charge in [0, 0.05) is 119 Å². The molecule has 0 radical (unpaired) electrons. The lowest BCUT2D eigenvalue weighted by molar-refractivity contribution is -0.384. The number of carbonyl (C=O) groups excluding carboxylic acids is 4. The summed E-state index contributed by atoms with van der Waals surface area (Å²) in [6.07, 6.45) is 7.03. The number of amides is 1. The summed E-state index contributed by atoms with van der Waals surface area (Å²) >= 11 is 0. The summed E-state index contributed by atoms with van der Waals surface area (Å²) < 4.78 is 92.7. The average Bonchev–Trinajstić information content (AvgIpc) is 1.46. The Morgan fingerprint density at radius 2 is 0.903 bits per heavy atom. The van der Waals surface area contributed by atoms with Gasteiger partial charge in [-0.1, -0.05) is 35.1 Å². The number of H-pyrrole nitrogens is 2. The molecule has 4 saturated heterocycles. The lowest BCUT2D eigenvalue weighted by atomic mass is 9.66. The number of hydrogen-bond donors (Lipinski definition) is 7. The number of carbonyl (C=O) groups is 4. The molecule has 4 fully saturated rings. The van der Waals surface area contributed by atoms with Crippen LogP contribution in [0.4, 0.5) is 15.3 Å². The van der Waals surface area contributed by atoms with Crippen LogP contribution in [0.3, 0.4) is 0 Å². The summed E-state index contributed by atoms with van der Waals surface area (Å²) in [7, 11) is 9.12. The number of non-ortho nitro benzene ring substituents is 1. The van der Waals surface area contributed by atoms with Gasteiger partial charge in [0.2, 0.25) is 25.1 Å². The third-order valence-electron chi connectivity index (χ3n) is 28.3. The maximum Gasteiger partial charge on any atom is 0.514 e. The number of hydrogen-bond acceptors (Lipinski definition) is 30. The molecule has 38 nitrogen and oxygen atoms in total. The second-order valence-corrected chi connectivity index (χ2v) is 36.9. The van der Waals surface area contributed by atoms with E-state index in [0.717, 1.165) is 96.3 Å². The van der Waals surface area contributed by atoms with Crippen LogP contribution in [0.15, 0.2) is 168 Å². The molecule has 6 aliphatic heterocycles. The fourth-order valence-corrected chi connectivity index (χ4v) is 21.1. The first kappa shape index (κ1) is 99.8. The molecule has 144 heavy (non-hydrogen) atoms. The topological polar surface area (TPSA) is 457 Å². The second-order valence-electron chi connectivity index (χ2n) is 36.9. The van der Waals surface area contributed by atoms with E-state index in [0.29, 0.717) is 133 Å². The zero-order chi connectivity index (χ0) is 99.3. The third-order valence-corrected chi connectivity index (χ3v) is 28.3. The number of benzene rings is 9. The molecule has 39 heteroatoms. The minimum Gasteiger partial charge on any atom is -0.508 e. The molecule has 1 amide bonds. The molecule has 8 atom stereocenters. The number of nitro groups is 1. The van der Waals surface area contributed by atoms with E-state index in [-0.39, 0.29) is 105 Å². The Balaban J connectivity index is 0.000000157. The Morgan fingerprint density at radius 3 is 1.31 bits per heavy atom. The highest BCUT2D eigenvalue weighted by Crippen LogP contribution is 2.60. The van der Waals surface area contributed by atoms with Crippen molar-refractivity contribution in [3.8, 4) is 120 Å². The maximum atomic E-state index is 14.1. The molecular formula is C105H112ClN11O27. The van der Waals surface area contributed by atoms with Crippen LogP contribution in [0.1, 0.15) is 154 Å². The van der Waals surface area contributed by atoms with Gasteiger partial charge in [-0.05, 0) is 230 Å². The monoisotopic (exact) mass is 1990 g/mol. The summed E-state index contributed by atoms with van der Waals surface area (Å²) in [5.74, 6) is 1.54. The summed E-state index contributed by atoms with van der Waals surface area (Å²) in [6, 6.07) is 41.1. The second kappa shape index (κ2) is 41.8. The summed E-state index contributed by atoms with van der Waals surface area (Å²) in [6.45, 7) is 12.9. The molecule has 10 heterocycles. The van der Waals surface area contributed by atoms with Crippen molar-refractivity contribution >= 4 is 64.1 Å². The quantitative estimate of drug-likeness (QED) is 0.00971. The highest BCUT2D eigenvalue weighted by Gasteiger charge is 2.57. The number of phenolic OH excluding ortho intramolecular Hbond substituents is 4. The van der Waals surface area contributed by atoms with E-state index < -0.39 is 82.2 Å². The van der Waals surface area contributed by atoms with Gasteiger partial charge in [-0.2, -0.15) is 10.2 Å². The summed E-state index contributed by atoms with van der Waals surface area (Å²) in [5.41, 5.74) is 8.54. The number of cyclic esters (lactones) is 2. The molecular weight excluding hydrogens is 1880 g/mol. The first-order valence-electron chi connectivity index (χ1n) is 47.0. The van der Waals surface area contributed by atoms with Crippen molar-refractivity contribution in [3.63, 3.8) is 0 Å². The zero-order valence-electron chi connectivity index (χ0n) is 79.9. The van der Waals surface area contributed by atoms with Crippen LogP contribution in [0.5, 0.6) is 86.2 Å². The number of halogens is 1. The Kier molecular flexibility index (Phi) is 29.0. The Morgan fingerprint density at radius 1 is 0.493 bits per heavy atom. The molecule has 8 aliphatic rings. The van der Waals surface area contributed by atoms with Gasteiger partial charge in [-0.3, -0.25) is 19.7 Å². The van der Waals surface area contributed by atoms with Gasteiger partial charge < -0.3 is 111 Å². The van der Waals surface area contributed by atoms with Crippen LogP contribution >= 0.6 is 12.4 Å². The molecule has 2 aliphatic carbocycles. The minimum absolute atomic E-state index is 0. The number of aryl methyl sites for hydroxylation is 2. The van der Waals surface area contributed by atoms with E-state index in [1.165, 1.54) is 86.8 Å². The van der Waals surface area contributed by atoms with E-state index in [1.807, 2.05) is 101 Å². The SMILES string of the molecule is C.CC(C)c1cc(-c2n[nH]c(=O)n2-c2ccc3c(ccn3CCC3CCNCC3)c2)c(O)cc1O.COc1cc([C@@H]2c3cc4c(cc3[C@@H](OC(=O)Oc3ccc([N+](=O)[O-])cc3)[C@H]3COC(=O)[C@H]23)OCO4)cc(OC)c1OC.COc1cc([C@@H]2c3cc4c(cc3[C@H](OC(=O)N3CCC(CCn5ccc6cc(-n7c(-c8cc(C(C)C)c(O)cc8O)n[nH]c7=O)ccc65)CC3)[C@H]3COC(=O)[C@H]23)OCO4)cc(OC)c1OC.Cl. The van der Waals surface area contributed by atoms with Crippen molar-refractivity contribution in [2.75, 3.05) is 95.6 Å². The Bertz CT molecular complexity index is 7120. The standard InChI is InChI=1S/C49H51N5O12.C29H25NO12.C26H31N5O3.CH4.ClH/c1-25(2)30-19-33(37(56)22-36(30)55)46-50-51-48(58)54(46)29-6-7-35-27(16-29)11-15-52(35)12-8-26-9-13-53(14-10-26)49(59)66-44-32-21-39-38(64-24-65-39)20-31(32)42(43-34(44)23-63-47(43)57)28-17-40(60-3)45(62-5)41(18-28)61-4;1-35-22-8-14(9-23(36-2)27(22)37-3)24-17-10-20-21(40-13-39-20)11-18(17)26(19-12-38-28(31)25(19)24)42-29(32)41-16-6-4-15(5-7-16)30(33)34;1-16(2)20-14-21(24(33)15-23(20)32)25-28-29-26(34)31(25)19-3-4-22-18(13-19)8-12-30(22)11-7-17-5-9-27-10-6-17;;/h6-7,11,15-22,25-26,34,42-44,55-56H,8-10,12-14,23-24H2,1-5H3,(H,51,58);4-11,19,24-26H,12-13H2,1-3H3;3-4,8,12-17,27,32-33H,5-7,9-11H2,1-2H3,(H,29,34);1H4;1H/t34-,42+,43-,44-;19-,24+,25-,26+;;;/m00.../s1. The van der Waals surface area contributed by atoms with Crippen LogP contribution in [0.25, 0.3) is 56.0 Å². The van der Waals surface area contributed by atoms with E-state index in [4.69, 9.17) is 71.1 Å². The number of likely N-dealkylation sites (tertiary alicyclic amines) is 1. The molecule has 0 bridgehead atoms. The summed E-state index contributed by atoms with van der Waals surface area (Å²) in [5, 5.41) is 71.7. The van der Waals surface area contributed by atoms with Crippen molar-refractivity contribution in [1.82, 2.24) is 48.9 Å². The number of nitrogens with one attached hydrogen (secondary N) is 3. The Hall–Kier alpha value is -15.7. The Labute approximate surface area is 831 Å². The maximum absolute atomic E-state index is 14.1. The molecule has 0 spiro atoms. The number of aromatic amines is 2. The van der Waals surface area contributed by atoms with Crippen molar-refractivity contribution in [2.24, 2.45) is 35.5 Å². The van der Waals surface area contributed by atoms with E-state index in [1.54, 1.807) is 55.5 Å². The van der Waals surface area contributed by atoms with Gasteiger partial charge in [-0.15, -0.1) is 12.4 Å². The number of nitro benzene ring substituents is 1. The average molecular weight is 2000 g/mol. The zero-order valence-corrected chi connectivity index (χ0v) is 80.7.